The van der Waals surface area contributed by atoms with Gasteiger partial charge in [-0.05, 0) is 183 Å². The van der Waals surface area contributed by atoms with Crippen molar-refractivity contribution in [3.05, 3.63) is 149 Å². The van der Waals surface area contributed by atoms with Crippen molar-refractivity contribution in [2.24, 2.45) is 0 Å². The monoisotopic (exact) mass is 1290 g/mol. The normalized spacial score (nSPS) is 11.1. The van der Waals surface area contributed by atoms with E-state index >= 15 is 0 Å². The van der Waals surface area contributed by atoms with Gasteiger partial charge in [0.1, 0.15) is 17.2 Å². The van der Waals surface area contributed by atoms with Gasteiger partial charge in [-0.1, -0.05) is 101 Å². The van der Waals surface area contributed by atoms with Crippen LogP contribution in [-0.4, -0.2) is 15.4 Å². The Bertz CT molecular complexity index is 2410. The minimum atomic E-state index is 0.00369. The molecule has 7 aromatic rings. The molecule has 0 aliphatic rings. The molecule has 0 saturated carbocycles. The minimum absolute atomic E-state index is 0.00369. The van der Waals surface area contributed by atoms with Gasteiger partial charge in [0.2, 0.25) is 0 Å². The Morgan fingerprint density at radius 2 is 0.648 bits per heavy atom. The molecule has 15 heteroatoms. The minimum Gasteiger partial charge on any atom is -0.445 e. The second-order valence-corrected chi connectivity index (χ2v) is 18.5. The maximum atomic E-state index is 6.89. The van der Waals surface area contributed by atoms with Crippen LogP contribution in [0.4, 0.5) is 0 Å². The van der Waals surface area contributed by atoms with Crippen LogP contribution >= 0.6 is 143 Å². The van der Waals surface area contributed by atoms with Gasteiger partial charge in [-0.3, -0.25) is 0 Å². The van der Waals surface area contributed by atoms with Crippen LogP contribution in [0.1, 0.15) is 0 Å². The van der Waals surface area contributed by atoms with E-state index in [1.165, 1.54) is 0 Å². The molecule has 0 bridgehead atoms. The van der Waals surface area contributed by atoms with E-state index in [9.17, 15) is 0 Å². The van der Waals surface area contributed by atoms with E-state index in [4.69, 9.17) is 14.2 Å². The quantitative estimate of drug-likeness (QED) is 0.134. The van der Waals surface area contributed by atoms with Crippen LogP contribution in [0.3, 0.4) is 0 Å². The molecule has 0 atom stereocenters. The maximum Gasteiger partial charge on any atom is 0.290 e. The third kappa shape index (κ3) is 8.36. The van der Waals surface area contributed by atoms with Crippen LogP contribution in [-0.2, 0) is 0 Å². The first-order valence-corrected chi connectivity index (χ1v) is 22.6. The van der Waals surface area contributed by atoms with Crippen molar-refractivity contribution >= 4 is 143 Å². The standard InChI is InChI=1S/C39H18Br9N3O3/c40-22-16-25(28(34(46)31(22)43)19-10-4-1-5-11-19)52-37-38(53-26-17-23(41)32(44)35(47)29(26)20-12-6-2-7-13-20)49-51-50-39(37)54-27-18-24(42)33(45)36(48)30(27)21-14-8-3-9-15-21/h1-18H. The number of aromatic nitrogens is 3. The average Bonchev–Trinajstić information content (AvgIpc) is 3.17. The Morgan fingerprint density at radius 1 is 0.352 bits per heavy atom. The summed E-state index contributed by atoms with van der Waals surface area (Å²) < 4.78 is 27.3. The number of rotatable bonds is 9. The molecule has 0 saturated heterocycles. The molecule has 0 spiro atoms. The molecule has 0 aliphatic carbocycles. The van der Waals surface area contributed by atoms with Crippen LogP contribution < -0.4 is 14.2 Å². The second kappa shape index (κ2) is 17.7. The molecule has 6 nitrogen and oxygen atoms in total. The lowest BCUT2D eigenvalue weighted by atomic mass is 10.0. The molecule has 0 amide bonds. The summed E-state index contributed by atoms with van der Waals surface area (Å²) in [7, 11) is 0. The zero-order valence-corrected chi connectivity index (χ0v) is 41.1. The van der Waals surface area contributed by atoms with Crippen LogP contribution in [0.15, 0.2) is 149 Å². The van der Waals surface area contributed by atoms with Gasteiger partial charge < -0.3 is 14.2 Å². The molecule has 0 radical (unpaired) electrons. The van der Waals surface area contributed by atoms with E-state index in [1.807, 2.05) is 109 Å². The Labute approximate surface area is 386 Å². The third-order valence-corrected chi connectivity index (χ3v) is 17.8. The van der Waals surface area contributed by atoms with Gasteiger partial charge in [-0.25, -0.2) is 0 Å². The van der Waals surface area contributed by atoms with Gasteiger partial charge in [0.15, 0.2) is 0 Å². The highest BCUT2D eigenvalue weighted by Gasteiger charge is 2.28. The molecule has 1 aromatic heterocycles. The highest BCUT2D eigenvalue weighted by atomic mass is 79.9. The average molecular weight is 1300 g/mol. The zero-order chi connectivity index (χ0) is 38.1. The van der Waals surface area contributed by atoms with Crippen molar-refractivity contribution in [2.45, 2.75) is 0 Å². The van der Waals surface area contributed by atoms with Gasteiger partial charge in [0.05, 0.1) is 0 Å². The van der Waals surface area contributed by atoms with Crippen LogP contribution in [0.25, 0.3) is 33.4 Å². The molecule has 0 aliphatic heterocycles. The molecule has 0 unspecified atom stereocenters. The zero-order valence-electron chi connectivity index (χ0n) is 26.9. The fourth-order valence-electron chi connectivity index (χ4n) is 5.41. The highest BCUT2D eigenvalue weighted by Crippen LogP contribution is 2.53. The molecule has 270 valence electrons. The van der Waals surface area contributed by atoms with E-state index < -0.39 is 0 Å². The van der Waals surface area contributed by atoms with Crippen LogP contribution in [0.5, 0.6) is 34.8 Å². The summed E-state index contributed by atoms with van der Waals surface area (Å²) in [5.41, 5.74) is 4.99. The lowest BCUT2D eigenvalue weighted by molar-refractivity contribution is 0.355. The van der Waals surface area contributed by atoms with Crippen molar-refractivity contribution in [2.75, 3.05) is 0 Å². The third-order valence-electron chi connectivity index (χ3n) is 7.85. The summed E-state index contributed by atoms with van der Waals surface area (Å²) in [6.45, 7) is 0. The van der Waals surface area contributed by atoms with Crippen LogP contribution in [0, 0.1) is 0 Å². The Hall–Kier alpha value is -1.95. The molecule has 6 aromatic carbocycles. The van der Waals surface area contributed by atoms with Gasteiger partial charge in [-0.2, -0.15) is 0 Å². The predicted molar refractivity (Wildman–Crippen MR) is 245 cm³/mol. The number of halogens is 9. The summed E-state index contributed by atoms with van der Waals surface area (Å²) in [4.78, 5) is 0. The van der Waals surface area contributed by atoms with Gasteiger partial charge >= 0.3 is 0 Å². The van der Waals surface area contributed by atoms with Crippen molar-refractivity contribution in [3.8, 4) is 68.1 Å². The van der Waals surface area contributed by atoms with E-state index in [0.29, 0.717) is 17.2 Å². The Balaban J connectivity index is 1.46. The summed E-state index contributed by atoms with van der Waals surface area (Å²) >= 11 is 33.5. The fraction of sp³-hybridized carbons (Fsp3) is 0. The summed E-state index contributed by atoms with van der Waals surface area (Å²) in [5, 5.41) is 12.9. The van der Waals surface area contributed by atoms with E-state index in [2.05, 4.69) is 159 Å². The first-order valence-electron chi connectivity index (χ1n) is 15.5. The molecule has 0 fully saturated rings. The number of hydrogen-bond acceptors (Lipinski definition) is 6. The number of nitrogens with zero attached hydrogens (tertiary/aromatic N) is 3. The number of hydrogen-bond donors (Lipinski definition) is 0. The topological polar surface area (TPSA) is 66.4 Å². The molecular weight excluding hydrogens is 1280 g/mol. The maximum absolute atomic E-state index is 6.89. The highest BCUT2D eigenvalue weighted by molar-refractivity contribution is 9.15. The van der Waals surface area contributed by atoms with Crippen molar-refractivity contribution in [3.63, 3.8) is 0 Å². The Kier molecular flexibility index (Phi) is 13.2. The lowest BCUT2D eigenvalue weighted by Gasteiger charge is -2.20. The number of ether oxygens (including phenoxy) is 3. The number of benzene rings is 6. The lowest BCUT2D eigenvalue weighted by Crippen LogP contribution is -2.04. The fourth-order valence-corrected chi connectivity index (χ4v) is 10.3. The van der Waals surface area contributed by atoms with Crippen molar-refractivity contribution in [1.82, 2.24) is 15.4 Å². The van der Waals surface area contributed by atoms with Gasteiger partial charge in [-0.15, -0.1) is 0 Å². The molecule has 54 heavy (non-hydrogen) atoms. The molecule has 7 rings (SSSR count). The largest absolute Gasteiger partial charge is 0.445 e. The van der Waals surface area contributed by atoms with E-state index in [0.717, 1.165) is 73.6 Å². The van der Waals surface area contributed by atoms with Crippen molar-refractivity contribution in [1.29, 1.82) is 0 Å². The summed E-state index contributed by atoms with van der Waals surface area (Å²) in [5.74, 6) is 1.45. The summed E-state index contributed by atoms with van der Waals surface area (Å²) in [6.07, 6.45) is 0. The van der Waals surface area contributed by atoms with E-state index in [-0.39, 0.29) is 17.5 Å². The van der Waals surface area contributed by atoms with Gasteiger partial charge in [0, 0.05) is 56.9 Å². The Morgan fingerprint density at radius 3 is 0.963 bits per heavy atom. The van der Waals surface area contributed by atoms with Crippen LogP contribution in [0.2, 0.25) is 0 Å². The predicted octanol–water partition coefficient (Wildman–Crippen LogP) is 17.1. The molecular formula is C39H18Br9N3O3. The SMILES string of the molecule is Brc1cc(Oc2nnnc(Oc3cc(Br)c(Br)c(Br)c3-c3ccccc3)c2Oc2cc(Br)c(Br)c(Br)c2-c2ccccc2)c(-c2ccccc2)c(Br)c1Br. The first kappa shape index (κ1) is 40.3. The van der Waals surface area contributed by atoms with Crippen molar-refractivity contribution < 1.29 is 14.2 Å². The summed E-state index contributed by atoms with van der Waals surface area (Å²) in [6, 6.07) is 35.2. The second-order valence-electron chi connectivity index (χ2n) is 11.2. The molecule has 1 heterocycles. The first-order chi connectivity index (χ1) is 26.0. The van der Waals surface area contributed by atoms with E-state index in [1.54, 1.807) is 0 Å². The smallest absolute Gasteiger partial charge is 0.290 e. The molecule has 0 N–H and O–H groups in total. The van der Waals surface area contributed by atoms with Gasteiger partial charge in [0.25, 0.3) is 17.5 Å².